The number of amides is 1. The van der Waals surface area contributed by atoms with Crippen molar-refractivity contribution in [2.24, 2.45) is 0 Å². The van der Waals surface area contributed by atoms with Crippen LogP contribution >= 0.6 is 15.9 Å². The van der Waals surface area contributed by atoms with Gasteiger partial charge in [0.15, 0.2) is 0 Å². The maximum Gasteiger partial charge on any atom is 0.433 e. The Labute approximate surface area is 138 Å². The van der Waals surface area contributed by atoms with Crippen molar-refractivity contribution in [1.29, 1.82) is 0 Å². The molecule has 1 heterocycles. The molecule has 0 aliphatic heterocycles. The van der Waals surface area contributed by atoms with Gasteiger partial charge in [0.1, 0.15) is 5.69 Å². The molecular weight excluding hydrogens is 377 g/mol. The summed E-state index contributed by atoms with van der Waals surface area (Å²) in [6.45, 7) is -0.192. The van der Waals surface area contributed by atoms with Gasteiger partial charge >= 0.3 is 6.18 Å². The van der Waals surface area contributed by atoms with Crippen molar-refractivity contribution in [3.63, 3.8) is 0 Å². The van der Waals surface area contributed by atoms with E-state index in [0.717, 1.165) is 12.3 Å². The molecule has 0 atom stereocenters. The number of carbonyl (C=O) groups excluding carboxylic acids is 1. The molecule has 0 bridgehead atoms. The SMILES string of the molecule is CN(CC(=O)Nc1ccccc1Br)c1nccc(C(F)(F)F)n1. The average Bonchev–Trinajstić information content (AvgIpc) is 2.49. The van der Waals surface area contributed by atoms with E-state index in [1.807, 2.05) is 0 Å². The minimum absolute atomic E-state index is 0.179. The maximum atomic E-state index is 12.6. The Hall–Kier alpha value is -2.16. The maximum absolute atomic E-state index is 12.6. The second kappa shape index (κ2) is 6.95. The quantitative estimate of drug-likeness (QED) is 0.872. The highest BCUT2D eigenvalue weighted by Gasteiger charge is 2.33. The predicted octanol–water partition coefficient (Wildman–Crippen LogP) is 3.33. The van der Waals surface area contributed by atoms with Crippen LogP contribution in [0, 0.1) is 0 Å². The molecule has 0 fully saturated rings. The number of aromatic nitrogens is 2. The van der Waals surface area contributed by atoms with Crippen molar-refractivity contribution in [2.45, 2.75) is 6.18 Å². The molecule has 0 saturated heterocycles. The van der Waals surface area contributed by atoms with Crippen LogP contribution < -0.4 is 10.2 Å². The highest BCUT2D eigenvalue weighted by atomic mass is 79.9. The summed E-state index contributed by atoms with van der Waals surface area (Å²) in [4.78, 5) is 20.4. The van der Waals surface area contributed by atoms with E-state index in [4.69, 9.17) is 0 Å². The summed E-state index contributed by atoms with van der Waals surface area (Å²) in [5, 5.41) is 2.65. The number of carbonyl (C=O) groups is 1. The second-order valence-electron chi connectivity index (χ2n) is 4.62. The van der Waals surface area contributed by atoms with E-state index in [1.165, 1.54) is 11.9 Å². The number of nitrogens with zero attached hydrogens (tertiary/aromatic N) is 3. The fraction of sp³-hybridized carbons (Fsp3) is 0.214. The lowest BCUT2D eigenvalue weighted by molar-refractivity contribution is -0.141. The predicted molar refractivity (Wildman–Crippen MR) is 83.1 cm³/mol. The Morgan fingerprint density at radius 3 is 2.65 bits per heavy atom. The molecule has 0 aliphatic rings. The molecule has 2 rings (SSSR count). The van der Waals surface area contributed by atoms with Crippen LogP contribution in [0.25, 0.3) is 0 Å². The highest BCUT2D eigenvalue weighted by Crippen LogP contribution is 2.28. The molecule has 0 radical (unpaired) electrons. The standard InChI is InChI=1S/C14H12BrF3N4O/c1-22(13-19-7-6-11(21-13)14(16,17)18)8-12(23)20-10-5-3-2-4-9(10)15/h2-7H,8H2,1H3,(H,20,23). The third kappa shape index (κ3) is 4.65. The molecule has 1 aromatic carbocycles. The molecule has 0 unspecified atom stereocenters. The van der Waals surface area contributed by atoms with Gasteiger partial charge in [-0.25, -0.2) is 9.97 Å². The van der Waals surface area contributed by atoms with Gasteiger partial charge in [-0.1, -0.05) is 12.1 Å². The lowest BCUT2D eigenvalue weighted by Crippen LogP contribution is -2.31. The molecule has 0 spiro atoms. The smallest absolute Gasteiger partial charge is 0.335 e. The van der Waals surface area contributed by atoms with Crippen molar-refractivity contribution in [2.75, 3.05) is 23.8 Å². The summed E-state index contributed by atoms with van der Waals surface area (Å²) in [6.07, 6.45) is -3.55. The summed E-state index contributed by atoms with van der Waals surface area (Å²) < 4.78 is 38.6. The van der Waals surface area contributed by atoms with Crippen LogP contribution in [0.4, 0.5) is 24.8 Å². The van der Waals surface area contributed by atoms with Crippen LogP contribution in [-0.4, -0.2) is 29.5 Å². The summed E-state index contributed by atoms with van der Waals surface area (Å²) >= 11 is 3.29. The van der Waals surface area contributed by atoms with Crippen molar-refractivity contribution < 1.29 is 18.0 Å². The number of hydrogen-bond donors (Lipinski definition) is 1. The summed E-state index contributed by atoms with van der Waals surface area (Å²) in [5.41, 5.74) is -0.489. The molecule has 2 aromatic rings. The van der Waals surface area contributed by atoms with Crippen LogP contribution in [0.2, 0.25) is 0 Å². The van der Waals surface area contributed by atoms with Gasteiger partial charge in [0.05, 0.1) is 12.2 Å². The van der Waals surface area contributed by atoms with Gasteiger partial charge < -0.3 is 10.2 Å². The number of likely N-dealkylation sites (N-methyl/N-ethyl adjacent to an activating group) is 1. The van der Waals surface area contributed by atoms with Crippen molar-refractivity contribution in [3.8, 4) is 0 Å². The number of alkyl halides is 3. The van der Waals surface area contributed by atoms with E-state index in [-0.39, 0.29) is 12.5 Å². The zero-order valence-electron chi connectivity index (χ0n) is 11.9. The third-order valence-corrected chi connectivity index (χ3v) is 3.49. The van der Waals surface area contributed by atoms with Crippen LogP contribution in [0.15, 0.2) is 41.0 Å². The number of rotatable bonds is 4. The Bertz CT molecular complexity index is 708. The lowest BCUT2D eigenvalue weighted by atomic mass is 10.3. The average molecular weight is 389 g/mol. The van der Waals surface area contributed by atoms with Crippen LogP contribution in [0.1, 0.15) is 5.69 Å². The first-order valence-electron chi connectivity index (χ1n) is 6.43. The summed E-state index contributed by atoms with van der Waals surface area (Å²) in [6, 6.07) is 7.78. The molecule has 1 amide bonds. The zero-order valence-corrected chi connectivity index (χ0v) is 13.5. The number of nitrogens with one attached hydrogen (secondary N) is 1. The van der Waals surface area contributed by atoms with E-state index in [9.17, 15) is 18.0 Å². The van der Waals surface area contributed by atoms with E-state index >= 15 is 0 Å². The number of para-hydroxylation sites is 1. The van der Waals surface area contributed by atoms with Gasteiger partial charge in [-0.2, -0.15) is 13.2 Å². The number of hydrogen-bond acceptors (Lipinski definition) is 4. The summed E-state index contributed by atoms with van der Waals surface area (Å²) in [7, 11) is 1.44. The minimum Gasteiger partial charge on any atom is -0.335 e. The van der Waals surface area contributed by atoms with Gasteiger partial charge in [-0.3, -0.25) is 4.79 Å². The fourth-order valence-corrected chi connectivity index (χ4v) is 2.11. The molecule has 23 heavy (non-hydrogen) atoms. The third-order valence-electron chi connectivity index (χ3n) is 2.80. The molecular formula is C14H12BrF3N4O. The first kappa shape index (κ1) is 17.2. The highest BCUT2D eigenvalue weighted by molar-refractivity contribution is 9.10. The van der Waals surface area contributed by atoms with Gasteiger partial charge in [0, 0.05) is 17.7 Å². The molecule has 0 aliphatic carbocycles. The Morgan fingerprint density at radius 1 is 1.30 bits per heavy atom. The normalized spacial score (nSPS) is 11.2. The summed E-state index contributed by atoms with van der Waals surface area (Å²) in [5.74, 6) is -0.581. The van der Waals surface area contributed by atoms with E-state index in [2.05, 4.69) is 31.2 Å². The van der Waals surface area contributed by atoms with Gasteiger partial charge in [0.25, 0.3) is 0 Å². The van der Waals surface area contributed by atoms with Crippen molar-refractivity contribution >= 4 is 33.5 Å². The lowest BCUT2D eigenvalue weighted by Gasteiger charge is -2.17. The van der Waals surface area contributed by atoms with E-state index in [1.54, 1.807) is 24.3 Å². The second-order valence-corrected chi connectivity index (χ2v) is 5.48. The molecule has 0 saturated carbocycles. The van der Waals surface area contributed by atoms with Crippen LogP contribution in [0.3, 0.4) is 0 Å². The van der Waals surface area contributed by atoms with E-state index < -0.39 is 17.8 Å². The van der Waals surface area contributed by atoms with Crippen molar-refractivity contribution in [1.82, 2.24) is 9.97 Å². The Balaban J connectivity index is 2.06. The van der Waals surface area contributed by atoms with Crippen LogP contribution in [-0.2, 0) is 11.0 Å². The topological polar surface area (TPSA) is 58.1 Å². The van der Waals surface area contributed by atoms with E-state index in [0.29, 0.717) is 10.2 Å². The Morgan fingerprint density at radius 2 is 2.00 bits per heavy atom. The molecule has 1 aromatic heterocycles. The first-order chi connectivity index (χ1) is 10.8. The molecule has 1 N–H and O–H groups in total. The van der Waals surface area contributed by atoms with Crippen LogP contribution in [0.5, 0.6) is 0 Å². The van der Waals surface area contributed by atoms with Gasteiger partial charge in [-0.15, -0.1) is 0 Å². The molecule has 122 valence electrons. The first-order valence-corrected chi connectivity index (χ1v) is 7.22. The van der Waals surface area contributed by atoms with Gasteiger partial charge in [0.2, 0.25) is 11.9 Å². The number of halogens is 4. The molecule has 9 heteroatoms. The number of anilines is 2. The van der Waals surface area contributed by atoms with Gasteiger partial charge in [-0.05, 0) is 34.1 Å². The fourth-order valence-electron chi connectivity index (χ4n) is 1.73. The number of benzene rings is 1. The minimum atomic E-state index is -4.56. The zero-order chi connectivity index (χ0) is 17.0. The monoisotopic (exact) mass is 388 g/mol. The van der Waals surface area contributed by atoms with Crippen molar-refractivity contribution in [3.05, 3.63) is 46.7 Å². The largest absolute Gasteiger partial charge is 0.433 e. The molecule has 5 nitrogen and oxygen atoms in total. The Kier molecular flexibility index (Phi) is 5.19.